The van der Waals surface area contributed by atoms with Crippen molar-refractivity contribution in [2.24, 2.45) is 0 Å². The number of fused-ring (bicyclic) bond motifs is 1. The predicted molar refractivity (Wildman–Crippen MR) is 87.3 cm³/mol. The van der Waals surface area contributed by atoms with E-state index in [0.717, 1.165) is 22.3 Å². The number of esters is 1. The zero-order valence-electron chi connectivity index (χ0n) is 12.2. The van der Waals surface area contributed by atoms with Gasteiger partial charge in [-0.05, 0) is 28.8 Å². The molecule has 0 aliphatic carbocycles. The van der Waals surface area contributed by atoms with E-state index < -0.39 is 11.8 Å². The van der Waals surface area contributed by atoms with E-state index in [0.29, 0.717) is 11.3 Å². The topological polar surface area (TPSA) is 43.4 Å². The maximum absolute atomic E-state index is 12.3. The number of ether oxygens (including phenoxy) is 1. The summed E-state index contributed by atoms with van der Waals surface area (Å²) in [5, 5.41) is 0. The van der Waals surface area contributed by atoms with Crippen LogP contribution in [0.3, 0.4) is 0 Å². The van der Waals surface area contributed by atoms with Crippen molar-refractivity contribution in [2.45, 2.75) is 0 Å². The number of benzene rings is 3. The molecule has 0 bridgehead atoms. The van der Waals surface area contributed by atoms with E-state index in [1.165, 1.54) is 0 Å². The van der Waals surface area contributed by atoms with Crippen LogP contribution in [0.2, 0.25) is 0 Å². The SMILES string of the molecule is O=C1Oc2ccc(-c3ccccc3)c(-c3ccccc3)c2C1=O. The van der Waals surface area contributed by atoms with Crippen LogP contribution in [-0.4, -0.2) is 11.8 Å². The van der Waals surface area contributed by atoms with Crippen LogP contribution < -0.4 is 4.74 Å². The average molecular weight is 300 g/mol. The Balaban J connectivity index is 2.06. The highest BCUT2D eigenvalue weighted by atomic mass is 16.5. The summed E-state index contributed by atoms with van der Waals surface area (Å²) < 4.78 is 5.08. The maximum atomic E-state index is 12.3. The smallest absolute Gasteiger partial charge is 0.385 e. The minimum atomic E-state index is -0.817. The third-order valence-electron chi connectivity index (χ3n) is 3.93. The number of Topliss-reactive ketones (excluding diaryl/α,β-unsaturated/α-hetero) is 1. The molecule has 3 aromatic carbocycles. The van der Waals surface area contributed by atoms with Crippen molar-refractivity contribution >= 4 is 11.8 Å². The van der Waals surface area contributed by atoms with Crippen molar-refractivity contribution < 1.29 is 14.3 Å². The first-order valence-corrected chi connectivity index (χ1v) is 7.30. The molecule has 0 saturated heterocycles. The van der Waals surface area contributed by atoms with Gasteiger partial charge in [-0.15, -0.1) is 0 Å². The fourth-order valence-electron chi connectivity index (χ4n) is 2.91. The summed E-state index contributed by atoms with van der Waals surface area (Å²) in [4.78, 5) is 24.0. The molecule has 0 fully saturated rings. The van der Waals surface area contributed by atoms with Crippen molar-refractivity contribution in [3.63, 3.8) is 0 Å². The molecule has 0 radical (unpaired) electrons. The second-order valence-corrected chi connectivity index (χ2v) is 5.31. The number of hydrogen-bond donors (Lipinski definition) is 0. The fourth-order valence-corrected chi connectivity index (χ4v) is 2.91. The van der Waals surface area contributed by atoms with Gasteiger partial charge in [-0.1, -0.05) is 60.7 Å². The first-order valence-electron chi connectivity index (χ1n) is 7.30. The standard InChI is InChI=1S/C20H12O3/c21-19-18-16(23-20(19)22)12-11-15(13-7-3-1-4-8-13)17(18)14-9-5-2-6-10-14/h1-12H. The number of carbonyl (C=O) groups excluding carboxylic acids is 2. The molecule has 0 N–H and O–H groups in total. The average Bonchev–Trinajstić information content (AvgIpc) is 2.90. The van der Waals surface area contributed by atoms with Gasteiger partial charge in [0.2, 0.25) is 0 Å². The normalized spacial score (nSPS) is 12.9. The van der Waals surface area contributed by atoms with Gasteiger partial charge in [0, 0.05) is 5.56 Å². The molecule has 0 atom stereocenters. The molecule has 1 aliphatic rings. The van der Waals surface area contributed by atoms with E-state index in [-0.39, 0.29) is 0 Å². The van der Waals surface area contributed by atoms with Crippen LogP contribution in [0.4, 0.5) is 0 Å². The molecule has 4 rings (SSSR count). The van der Waals surface area contributed by atoms with E-state index in [9.17, 15) is 9.59 Å². The number of hydrogen-bond acceptors (Lipinski definition) is 3. The summed E-state index contributed by atoms with van der Waals surface area (Å²) in [5.74, 6) is -1.07. The monoisotopic (exact) mass is 300 g/mol. The van der Waals surface area contributed by atoms with Gasteiger partial charge in [0.1, 0.15) is 5.75 Å². The molecular weight excluding hydrogens is 288 g/mol. The van der Waals surface area contributed by atoms with Gasteiger partial charge in [0.05, 0.1) is 5.56 Å². The lowest BCUT2D eigenvalue weighted by atomic mass is 9.89. The van der Waals surface area contributed by atoms with Crippen LogP contribution in [0.25, 0.3) is 22.3 Å². The summed E-state index contributed by atoms with van der Waals surface area (Å²) in [5.41, 5.74) is 3.87. The van der Waals surface area contributed by atoms with Crippen LogP contribution in [0, 0.1) is 0 Å². The molecule has 110 valence electrons. The fraction of sp³-hybridized carbons (Fsp3) is 0. The predicted octanol–water partition coefficient (Wildman–Crippen LogP) is 4.12. The lowest BCUT2D eigenvalue weighted by Gasteiger charge is -2.13. The van der Waals surface area contributed by atoms with E-state index in [4.69, 9.17) is 4.74 Å². The van der Waals surface area contributed by atoms with Crippen LogP contribution in [0.5, 0.6) is 5.75 Å². The Morgan fingerprint density at radius 1 is 0.609 bits per heavy atom. The van der Waals surface area contributed by atoms with Crippen molar-refractivity contribution in [3.05, 3.63) is 78.4 Å². The highest BCUT2D eigenvalue weighted by Crippen LogP contribution is 2.41. The summed E-state index contributed by atoms with van der Waals surface area (Å²) in [6.07, 6.45) is 0. The Morgan fingerprint density at radius 3 is 1.87 bits per heavy atom. The van der Waals surface area contributed by atoms with Crippen molar-refractivity contribution in [2.75, 3.05) is 0 Å². The van der Waals surface area contributed by atoms with E-state index in [1.54, 1.807) is 6.07 Å². The van der Waals surface area contributed by atoms with Crippen molar-refractivity contribution in [3.8, 4) is 28.0 Å². The first kappa shape index (κ1) is 13.5. The van der Waals surface area contributed by atoms with E-state index >= 15 is 0 Å². The molecule has 0 aromatic heterocycles. The zero-order chi connectivity index (χ0) is 15.8. The van der Waals surface area contributed by atoms with Crippen LogP contribution >= 0.6 is 0 Å². The molecule has 0 spiro atoms. The number of rotatable bonds is 2. The van der Waals surface area contributed by atoms with Gasteiger partial charge in [0.15, 0.2) is 0 Å². The molecule has 23 heavy (non-hydrogen) atoms. The van der Waals surface area contributed by atoms with Gasteiger partial charge in [-0.25, -0.2) is 4.79 Å². The maximum Gasteiger partial charge on any atom is 0.385 e. The molecular formula is C20H12O3. The summed E-state index contributed by atoms with van der Waals surface area (Å²) in [6.45, 7) is 0. The van der Waals surface area contributed by atoms with Gasteiger partial charge in [-0.3, -0.25) is 4.79 Å². The minimum absolute atomic E-state index is 0.332. The Morgan fingerprint density at radius 2 is 1.22 bits per heavy atom. The van der Waals surface area contributed by atoms with Crippen molar-refractivity contribution in [1.82, 2.24) is 0 Å². The Hall–Kier alpha value is -3.20. The van der Waals surface area contributed by atoms with Crippen LogP contribution in [0.15, 0.2) is 72.8 Å². The molecule has 0 unspecified atom stereocenters. The Labute approximate surface area is 133 Å². The Bertz CT molecular complexity index is 912. The zero-order valence-corrected chi connectivity index (χ0v) is 12.2. The summed E-state index contributed by atoms with van der Waals surface area (Å²) in [7, 11) is 0. The molecule has 0 saturated carbocycles. The lowest BCUT2D eigenvalue weighted by molar-refractivity contribution is -0.128. The molecule has 3 aromatic rings. The van der Waals surface area contributed by atoms with Gasteiger partial charge < -0.3 is 4.74 Å². The highest BCUT2D eigenvalue weighted by molar-refractivity contribution is 6.46. The molecule has 3 heteroatoms. The third kappa shape index (κ3) is 2.14. The molecule has 1 heterocycles. The van der Waals surface area contributed by atoms with Crippen LogP contribution in [-0.2, 0) is 4.79 Å². The number of carbonyl (C=O) groups is 2. The van der Waals surface area contributed by atoms with Gasteiger partial charge in [0.25, 0.3) is 5.78 Å². The van der Waals surface area contributed by atoms with E-state index in [2.05, 4.69) is 0 Å². The highest BCUT2D eigenvalue weighted by Gasteiger charge is 2.35. The van der Waals surface area contributed by atoms with E-state index in [1.807, 2.05) is 66.7 Å². The van der Waals surface area contributed by atoms with Gasteiger partial charge in [-0.2, -0.15) is 0 Å². The summed E-state index contributed by atoms with van der Waals surface area (Å²) in [6, 6.07) is 23.0. The van der Waals surface area contributed by atoms with Crippen molar-refractivity contribution in [1.29, 1.82) is 0 Å². The third-order valence-corrected chi connectivity index (χ3v) is 3.93. The first-order chi connectivity index (χ1) is 11.3. The molecule has 0 amide bonds. The molecule has 3 nitrogen and oxygen atoms in total. The van der Waals surface area contributed by atoms with Crippen LogP contribution in [0.1, 0.15) is 10.4 Å². The van der Waals surface area contributed by atoms with Gasteiger partial charge >= 0.3 is 5.97 Å². The summed E-state index contributed by atoms with van der Waals surface area (Å²) >= 11 is 0. The largest absolute Gasteiger partial charge is 0.420 e. The molecule has 1 aliphatic heterocycles. The second-order valence-electron chi connectivity index (χ2n) is 5.31. The second kappa shape index (κ2) is 5.21. The minimum Gasteiger partial charge on any atom is -0.420 e. The lowest BCUT2D eigenvalue weighted by Crippen LogP contribution is -2.11. The Kier molecular flexibility index (Phi) is 3.05. The number of ketones is 1. The quantitative estimate of drug-likeness (QED) is 0.406.